The highest BCUT2D eigenvalue weighted by atomic mass is 16.5. The minimum Gasteiger partial charge on any atom is -0.468 e. The monoisotopic (exact) mass is 201 g/mol. The third kappa shape index (κ3) is 5.56. The zero-order chi connectivity index (χ0) is 11.2. The minimum atomic E-state index is -0.375. The summed E-state index contributed by atoms with van der Waals surface area (Å²) in [4.78, 5) is 21.3. The molecule has 0 fully saturated rings. The molecule has 0 aromatic heterocycles. The summed E-state index contributed by atoms with van der Waals surface area (Å²) >= 11 is 0. The second-order valence-corrected chi connectivity index (χ2v) is 4.38. The lowest BCUT2D eigenvalue weighted by Crippen LogP contribution is -2.40. The Morgan fingerprint density at radius 1 is 1.50 bits per heavy atom. The van der Waals surface area contributed by atoms with E-state index in [4.69, 9.17) is 0 Å². The van der Waals surface area contributed by atoms with Gasteiger partial charge in [-0.1, -0.05) is 20.8 Å². The van der Waals surface area contributed by atoms with E-state index in [0.29, 0.717) is 19.5 Å². The van der Waals surface area contributed by atoms with Crippen LogP contribution in [0.3, 0.4) is 0 Å². The Kier molecular flexibility index (Phi) is 5.20. The Hall–Kier alpha value is -1.06. The van der Waals surface area contributed by atoms with Crippen molar-refractivity contribution >= 4 is 12.4 Å². The molecule has 0 aliphatic rings. The first-order valence-electron chi connectivity index (χ1n) is 4.74. The molecule has 0 aliphatic carbocycles. The number of rotatable bonds is 5. The number of carbonyl (C=O) groups is 2. The zero-order valence-electron chi connectivity index (χ0n) is 9.29. The summed E-state index contributed by atoms with van der Waals surface area (Å²) in [5.41, 5.74) is -0.375. The Morgan fingerprint density at radius 2 is 2.07 bits per heavy atom. The lowest BCUT2D eigenvalue weighted by atomic mass is 9.95. The molecule has 1 N–H and O–H groups in total. The van der Waals surface area contributed by atoms with E-state index in [0.717, 1.165) is 0 Å². The highest BCUT2D eigenvalue weighted by Gasteiger charge is 2.22. The molecular formula is C10H19NO3. The lowest BCUT2D eigenvalue weighted by Gasteiger charge is -2.21. The number of nitrogens with one attached hydrogen (secondary N) is 1. The first-order valence-corrected chi connectivity index (χ1v) is 4.74. The maximum Gasteiger partial charge on any atom is 0.293 e. The lowest BCUT2D eigenvalue weighted by molar-refractivity contribution is -0.129. The summed E-state index contributed by atoms with van der Waals surface area (Å²) in [6.07, 6.45) is 0.639. The van der Waals surface area contributed by atoms with Gasteiger partial charge in [-0.2, -0.15) is 0 Å². The van der Waals surface area contributed by atoms with Crippen LogP contribution >= 0.6 is 0 Å². The van der Waals surface area contributed by atoms with Gasteiger partial charge in [0.05, 0.1) is 6.61 Å². The topological polar surface area (TPSA) is 55.4 Å². The normalized spacial score (nSPS) is 13.1. The Morgan fingerprint density at radius 3 is 2.50 bits per heavy atom. The van der Waals surface area contributed by atoms with E-state index in [1.807, 2.05) is 27.7 Å². The Labute approximate surface area is 85.0 Å². The van der Waals surface area contributed by atoms with Crippen molar-refractivity contribution in [2.45, 2.75) is 40.2 Å². The summed E-state index contributed by atoms with van der Waals surface area (Å²) in [7, 11) is 0. The fraction of sp³-hybridized carbons (Fsp3) is 0.800. The van der Waals surface area contributed by atoms with Crippen molar-refractivity contribution in [3.05, 3.63) is 0 Å². The molecule has 4 nitrogen and oxygen atoms in total. The standard InChI is InChI=1S/C10H19NO3/c1-8(5-6-14-7-12)11-9(13)10(2,3)4/h7-8H,5-6H2,1-4H3,(H,11,13). The quantitative estimate of drug-likeness (QED) is 0.535. The van der Waals surface area contributed by atoms with Crippen LogP contribution in [0.2, 0.25) is 0 Å². The highest BCUT2D eigenvalue weighted by Crippen LogP contribution is 2.13. The largest absolute Gasteiger partial charge is 0.468 e. The van der Waals surface area contributed by atoms with Crippen LogP contribution in [0.1, 0.15) is 34.1 Å². The van der Waals surface area contributed by atoms with Crippen LogP contribution in [0.5, 0.6) is 0 Å². The summed E-state index contributed by atoms with van der Waals surface area (Å²) in [5.74, 6) is 0.0103. The summed E-state index contributed by atoms with van der Waals surface area (Å²) in [6, 6.07) is 0.0293. The molecule has 1 amide bonds. The van der Waals surface area contributed by atoms with Crippen LogP contribution in [0, 0.1) is 5.41 Å². The van der Waals surface area contributed by atoms with Gasteiger partial charge < -0.3 is 10.1 Å². The van der Waals surface area contributed by atoms with E-state index < -0.39 is 0 Å². The summed E-state index contributed by atoms with van der Waals surface area (Å²) < 4.78 is 4.54. The first kappa shape index (κ1) is 12.9. The van der Waals surface area contributed by atoms with Crippen molar-refractivity contribution in [2.24, 2.45) is 5.41 Å². The summed E-state index contributed by atoms with van der Waals surface area (Å²) in [5, 5.41) is 2.84. The molecule has 0 saturated heterocycles. The van der Waals surface area contributed by atoms with Gasteiger partial charge >= 0.3 is 0 Å². The van der Waals surface area contributed by atoms with Crippen LogP contribution in [-0.2, 0) is 14.3 Å². The molecular weight excluding hydrogens is 182 g/mol. The molecule has 0 heterocycles. The summed E-state index contributed by atoms with van der Waals surface area (Å²) in [6.45, 7) is 8.22. The van der Waals surface area contributed by atoms with Crippen molar-refractivity contribution in [3.63, 3.8) is 0 Å². The molecule has 0 bridgehead atoms. The van der Waals surface area contributed by atoms with E-state index >= 15 is 0 Å². The van der Waals surface area contributed by atoms with E-state index in [1.165, 1.54) is 0 Å². The molecule has 0 radical (unpaired) electrons. The molecule has 0 spiro atoms. The van der Waals surface area contributed by atoms with Gasteiger partial charge in [-0.05, 0) is 6.92 Å². The number of carbonyl (C=O) groups excluding carboxylic acids is 2. The molecule has 0 aromatic rings. The molecule has 0 aromatic carbocycles. The molecule has 4 heteroatoms. The van der Waals surface area contributed by atoms with Crippen molar-refractivity contribution in [2.75, 3.05) is 6.61 Å². The van der Waals surface area contributed by atoms with E-state index in [9.17, 15) is 9.59 Å². The van der Waals surface area contributed by atoms with Gasteiger partial charge in [0.25, 0.3) is 6.47 Å². The maximum atomic E-state index is 11.5. The third-order valence-electron chi connectivity index (χ3n) is 1.80. The van der Waals surface area contributed by atoms with Crippen LogP contribution in [0.4, 0.5) is 0 Å². The van der Waals surface area contributed by atoms with Crippen LogP contribution in [0.25, 0.3) is 0 Å². The van der Waals surface area contributed by atoms with Gasteiger partial charge in [-0.25, -0.2) is 0 Å². The predicted octanol–water partition coefficient (Wildman–Crippen LogP) is 1.10. The molecule has 0 saturated carbocycles. The van der Waals surface area contributed by atoms with Crippen LogP contribution in [0.15, 0.2) is 0 Å². The number of hydrogen-bond acceptors (Lipinski definition) is 3. The van der Waals surface area contributed by atoms with Crippen molar-refractivity contribution < 1.29 is 14.3 Å². The van der Waals surface area contributed by atoms with Gasteiger partial charge in [0.2, 0.25) is 5.91 Å². The molecule has 1 atom stereocenters. The van der Waals surface area contributed by atoms with Gasteiger partial charge in [0, 0.05) is 17.9 Å². The SMILES string of the molecule is CC(CCOC=O)NC(=O)C(C)(C)C. The highest BCUT2D eigenvalue weighted by molar-refractivity contribution is 5.81. The fourth-order valence-corrected chi connectivity index (χ4v) is 0.805. The van der Waals surface area contributed by atoms with Crippen LogP contribution < -0.4 is 5.32 Å². The number of ether oxygens (including phenoxy) is 1. The van der Waals surface area contributed by atoms with Gasteiger partial charge in [0.1, 0.15) is 0 Å². The molecule has 0 rings (SSSR count). The second-order valence-electron chi connectivity index (χ2n) is 4.38. The Bertz CT molecular complexity index is 196. The minimum absolute atomic E-state index is 0.0103. The van der Waals surface area contributed by atoms with E-state index in [2.05, 4.69) is 10.1 Å². The maximum absolute atomic E-state index is 11.5. The van der Waals surface area contributed by atoms with Crippen molar-refractivity contribution in [1.82, 2.24) is 5.32 Å². The molecule has 1 unspecified atom stereocenters. The predicted molar refractivity (Wildman–Crippen MR) is 53.7 cm³/mol. The van der Waals surface area contributed by atoms with E-state index in [-0.39, 0.29) is 17.4 Å². The first-order chi connectivity index (χ1) is 6.38. The smallest absolute Gasteiger partial charge is 0.293 e. The molecule has 0 aliphatic heterocycles. The van der Waals surface area contributed by atoms with Crippen LogP contribution in [-0.4, -0.2) is 25.0 Å². The Balaban J connectivity index is 3.77. The van der Waals surface area contributed by atoms with Crippen molar-refractivity contribution in [1.29, 1.82) is 0 Å². The van der Waals surface area contributed by atoms with Crippen molar-refractivity contribution in [3.8, 4) is 0 Å². The second kappa shape index (κ2) is 5.62. The number of amides is 1. The van der Waals surface area contributed by atoms with Gasteiger partial charge in [-0.15, -0.1) is 0 Å². The zero-order valence-corrected chi connectivity index (χ0v) is 9.29. The average molecular weight is 201 g/mol. The fourth-order valence-electron chi connectivity index (χ4n) is 0.805. The van der Waals surface area contributed by atoms with E-state index in [1.54, 1.807) is 0 Å². The third-order valence-corrected chi connectivity index (χ3v) is 1.80. The van der Waals surface area contributed by atoms with Gasteiger partial charge in [-0.3, -0.25) is 9.59 Å². The molecule has 14 heavy (non-hydrogen) atoms. The molecule has 82 valence electrons. The number of hydrogen-bond donors (Lipinski definition) is 1. The van der Waals surface area contributed by atoms with Gasteiger partial charge in [0.15, 0.2) is 0 Å². The average Bonchev–Trinajstić information content (AvgIpc) is 2.03.